The number of esters is 1. The van der Waals surface area contributed by atoms with Gasteiger partial charge in [-0.1, -0.05) is 6.07 Å². The molecule has 0 aromatic heterocycles. The standard InChI is InChI=1S/C21H24N2O6/c1-4-27-17-10-9-15(12-18(17)28-5-2)21(26)29-13-19(24)23-16-8-6-7-14(11-16)20(25)22-3/h6-12H,4-5,13H2,1-3H3,(H,22,25)(H,23,24). The van der Waals surface area contributed by atoms with Crippen molar-refractivity contribution in [3.63, 3.8) is 0 Å². The van der Waals surface area contributed by atoms with E-state index in [0.717, 1.165) is 0 Å². The smallest absolute Gasteiger partial charge is 0.338 e. The molecule has 0 saturated carbocycles. The van der Waals surface area contributed by atoms with E-state index in [1.807, 2.05) is 13.8 Å². The van der Waals surface area contributed by atoms with Gasteiger partial charge in [-0.05, 0) is 50.2 Å². The molecule has 0 heterocycles. The molecular weight excluding hydrogens is 376 g/mol. The van der Waals surface area contributed by atoms with Crippen LogP contribution in [-0.4, -0.2) is 44.7 Å². The molecule has 0 bridgehead atoms. The second-order valence-electron chi connectivity index (χ2n) is 5.81. The molecule has 0 saturated heterocycles. The second-order valence-corrected chi connectivity index (χ2v) is 5.81. The molecule has 0 aliphatic heterocycles. The van der Waals surface area contributed by atoms with E-state index in [1.54, 1.807) is 30.3 Å². The normalized spacial score (nSPS) is 10.0. The van der Waals surface area contributed by atoms with Crippen molar-refractivity contribution in [2.24, 2.45) is 0 Å². The summed E-state index contributed by atoms with van der Waals surface area (Å²) in [5, 5.41) is 5.09. The molecule has 2 rings (SSSR count). The van der Waals surface area contributed by atoms with Gasteiger partial charge in [0.2, 0.25) is 0 Å². The van der Waals surface area contributed by atoms with Crippen molar-refractivity contribution in [3.05, 3.63) is 53.6 Å². The molecule has 2 aromatic carbocycles. The first-order valence-corrected chi connectivity index (χ1v) is 9.17. The molecule has 2 aromatic rings. The van der Waals surface area contributed by atoms with E-state index in [-0.39, 0.29) is 11.5 Å². The molecule has 8 heteroatoms. The molecule has 0 unspecified atom stereocenters. The molecule has 0 aliphatic rings. The van der Waals surface area contributed by atoms with Crippen LogP contribution in [0.3, 0.4) is 0 Å². The zero-order valence-electron chi connectivity index (χ0n) is 16.6. The SMILES string of the molecule is CCOc1ccc(C(=O)OCC(=O)Nc2cccc(C(=O)NC)c2)cc1OCC. The topological polar surface area (TPSA) is 103 Å². The maximum Gasteiger partial charge on any atom is 0.338 e. The van der Waals surface area contributed by atoms with Crippen LogP contribution < -0.4 is 20.1 Å². The first-order chi connectivity index (χ1) is 14.0. The molecule has 2 N–H and O–H groups in total. The van der Waals surface area contributed by atoms with Gasteiger partial charge in [0, 0.05) is 18.3 Å². The van der Waals surface area contributed by atoms with Crippen LogP contribution in [0.5, 0.6) is 11.5 Å². The fourth-order valence-electron chi connectivity index (χ4n) is 2.47. The van der Waals surface area contributed by atoms with Gasteiger partial charge in [0.25, 0.3) is 11.8 Å². The minimum absolute atomic E-state index is 0.242. The van der Waals surface area contributed by atoms with Gasteiger partial charge in [-0.2, -0.15) is 0 Å². The quantitative estimate of drug-likeness (QED) is 0.628. The number of nitrogens with one attached hydrogen (secondary N) is 2. The number of carbonyl (C=O) groups is 3. The Morgan fingerprint density at radius 2 is 1.62 bits per heavy atom. The summed E-state index contributed by atoms with van der Waals surface area (Å²) >= 11 is 0. The van der Waals surface area contributed by atoms with E-state index in [2.05, 4.69) is 10.6 Å². The predicted molar refractivity (Wildman–Crippen MR) is 108 cm³/mol. The van der Waals surface area contributed by atoms with Crippen molar-refractivity contribution >= 4 is 23.5 Å². The summed E-state index contributed by atoms with van der Waals surface area (Å²) in [6.45, 7) is 4.08. The highest BCUT2D eigenvalue weighted by Crippen LogP contribution is 2.28. The third kappa shape index (κ3) is 6.24. The molecule has 0 spiro atoms. The Labute approximate surface area is 169 Å². The number of rotatable bonds is 9. The lowest BCUT2D eigenvalue weighted by Crippen LogP contribution is -2.22. The van der Waals surface area contributed by atoms with E-state index in [1.165, 1.54) is 19.2 Å². The van der Waals surface area contributed by atoms with E-state index >= 15 is 0 Å². The van der Waals surface area contributed by atoms with Crippen molar-refractivity contribution in [3.8, 4) is 11.5 Å². The average Bonchev–Trinajstić information content (AvgIpc) is 2.73. The van der Waals surface area contributed by atoms with Gasteiger partial charge in [-0.15, -0.1) is 0 Å². The van der Waals surface area contributed by atoms with Crippen LogP contribution in [0, 0.1) is 0 Å². The Morgan fingerprint density at radius 3 is 2.31 bits per heavy atom. The highest BCUT2D eigenvalue weighted by molar-refractivity contribution is 5.98. The number of carbonyl (C=O) groups excluding carboxylic acids is 3. The zero-order valence-corrected chi connectivity index (χ0v) is 16.6. The van der Waals surface area contributed by atoms with Crippen LogP contribution in [0.4, 0.5) is 5.69 Å². The number of anilines is 1. The Kier molecular flexibility index (Phi) is 8.02. The molecule has 8 nitrogen and oxygen atoms in total. The summed E-state index contributed by atoms with van der Waals surface area (Å²) in [6, 6.07) is 11.1. The van der Waals surface area contributed by atoms with Crippen LogP contribution >= 0.6 is 0 Å². The third-order valence-electron chi connectivity index (χ3n) is 3.75. The van der Waals surface area contributed by atoms with Gasteiger partial charge >= 0.3 is 5.97 Å². The summed E-state index contributed by atoms with van der Waals surface area (Å²) in [5.74, 6) is -0.501. The maximum absolute atomic E-state index is 12.3. The Balaban J connectivity index is 1.97. The van der Waals surface area contributed by atoms with Crippen LogP contribution in [0.1, 0.15) is 34.6 Å². The fraction of sp³-hybridized carbons (Fsp3) is 0.286. The largest absolute Gasteiger partial charge is 0.490 e. The van der Waals surface area contributed by atoms with Crippen molar-refractivity contribution in [2.75, 3.05) is 32.2 Å². The summed E-state index contributed by atoms with van der Waals surface area (Å²) in [7, 11) is 1.52. The highest BCUT2D eigenvalue weighted by atomic mass is 16.5. The average molecular weight is 400 g/mol. The maximum atomic E-state index is 12.3. The fourth-order valence-corrected chi connectivity index (χ4v) is 2.47. The van der Waals surface area contributed by atoms with Crippen molar-refractivity contribution < 1.29 is 28.6 Å². The lowest BCUT2D eigenvalue weighted by molar-refractivity contribution is -0.119. The Bertz CT molecular complexity index is 881. The lowest BCUT2D eigenvalue weighted by Gasteiger charge is -2.12. The molecule has 0 atom stereocenters. The number of ether oxygens (including phenoxy) is 3. The zero-order chi connectivity index (χ0) is 21.2. The number of hydrogen-bond acceptors (Lipinski definition) is 6. The van der Waals surface area contributed by atoms with Crippen LogP contribution in [0.15, 0.2) is 42.5 Å². The summed E-state index contributed by atoms with van der Waals surface area (Å²) in [6.07, 6.45) is 0. The van der Waals surface area contributed by atoms with Crippen molar-refractivity contribution in [1.82, 2.24) is 5.32 Å². The van der Waals surface area contributed by atoms with Gasteiger partial charge in [0.05, 0.1) is 18.8 Å². The molecule has 0 fully saturated rings. The first-order valence-electron chi connectivity index (χ1n) is 9.17. The van der Waals surface area contributed by atoms with Crippen LogP contribution in [0.25, 0.3) is 0 Å². The van der Waals surface area contributed by atoms with Crippen LogP contribution in [0.2, 0.25) is 0 Å². The van der Waals surface area contributed by atoms with Gasteiger partial charge in [0.15, 0.2) is 18.1 Å². The van der Waals surface area contributed by atoms with Crippen molar-refractivity contribution in [1.29, 1.82) is 0 Å². The second kappa shape index (κ2) is 10.7. The van der Waals surface area contributed by atoms with E-state index in [4.69, 9.17) is 14.2 Å². The van der Waals surface area contributed by atoms with E-state index < -0.39 is 18.5 Å². The number of benzene rings is 2. The molecular formula is C21H24N2O6. The number of hydrogen-bond donors (Lipinski definition) is 2. The number of amides is 2. The summed E-state index contributed by atoms with van der Waals surface area (Å²) < 4.78 is 16.0. The predicted octanol–water partition coefficient (Wildman–Crippen LogP) is 2.64. The van der Waals surface area contributed by atoms with Gasteiger partial charge in [0.1, 0.15) is 0 Å². The minimum atomic E-state index is -0.664. The van der Waals surface area contributed by atoms with Gasteiger partial charge in [-0.25, -0.2) is 4.79 Å². The minimum Gasteiger partial charge on any atom is -0.490 e. The summed E-state index contributed by atoms with van der Waals surface area (Å²) in [5.41, 5.74) is 1.07. The third-order valence-corrected chi connectivity index (χ3v) is 3.75. The molecule has 2 amide bonds. The molecule has 0 aliphatic carbocycles. The van der Waals surface area contributed by atoms with Crippen molar-refractivity contribution in [2.45, 2.75) is 13.8 Å². The molecule has 29 heavy (non-hydrogen) atoms. The Morgan fingerprint density at radius 1 is 0.897 bits per heavy atom. The first kappa shape index (κ1) is 21.7. The Hall–Kier alpha value is -3.55. The van der Waals surface area contributed by atoms with Crippen LogP contribution in [-0.2, 0) is 9.53 Å². The van der Waals surface area contributed by atoms with Gasteiger partial charge < -0.3 is 24.8 Å². The van der Waals surface area contributed by atoms with Gasteiger partial charge in [-0.3, -0.25) is 9.59 Å². The monoisotopic (exact) mass is 400 g/mol. The highest BCUT2D eigenvalue weighted by Gasteiger charge is 2.14. The van der Waals surface area contributed by atoms with E-state index in [9.17, 15) is 14.4 Å². The summed E-state index contributed by atoms with van der Waals surface area (Å²) in [4.78, 5) is 36.0. The lowest BCUT2D eigenvalue weighted by atomic mass is 10.2. The molecule has 154 valence electrons. The molecule has 0 radical (unpaired) electrons. The van der Waals surface area contributed by atoms with E-state index in [0.29, 0.717) is 36.0 Å².